The summed E-state index contributed by atoms with van der Waals surface area (Å²) in [4.78, 5) is 16.0. The summed E-state index contributed by atoms with van der Waals surface area (Å²) in [5, 5.41) is 9.90. The minimum absolute atomic E-state index is 0.293. The zero-order valence-corrected chi connectivity index (χ0v) is 13.6. The molecule has 4 nitrogen and oxygen atoms in total. The Bertz CT molecular complexity index is 636. The number of thioether (sulfide) groups is 1. The highest BCUT2D eigenvalue weighted by Crippen LogP contribution is 2.23. The zero-order valence-electron chi connectivity index (χ0n) is 12.8. The number of carboxylic acids is 1. The Labute approximate surface area is 129 Å². The van der Waals surface area contributed by atoms with Crippen molar-refractivity contribution in [1.29, 1.82) is 0 Å². The first-order chi connectivity index (χ1) is 10.1. The number of aryl methyl sites for hydroxylation is 2. The van der Waals surface area contributed by atoms with Crippen molar-refractivity contribution >= 4 is 28.8 Å². The molecule has 0 aliphatic heterocycles. The fourth-order valence-corrected chi connectivity index (χ4v) is 2.80. The molecule has 2 aromatic rings. The Balaban J connectivity index is 2.47. The molecular formula is C16H22N2O2S. The third-order valence-corrected chi connectivity index (χ3v) is 4.76. The molecule has 1 unspecified atom stereocenters. The number of carbonyl (C=O) groups is 1. The molecule has 0 fully saturated rings. The van der Waals surface area contributed by atoms with Crippen LogP contribution >= 0.6 is 11.8 Å². The molecule has 2 rings (SSSR count). The van der Waals surface area contributed by atoms with E-state index in [0.717, 1.165) is 37.1 Å². The van der Waals surface area contributed by atoms with E-state index in [4.69, 9.17) is 0 Å². The van der Waals surface area contributed by atoms with E-state index >= 15 is 0 Å². The summed E-state index contributed by atoms with van der Waals surface area (Å²) in [7, 11) is 0. The van der Waals surface area contributed by atoms with Crippen LogP contribution in [0.15, 0.2) is 18.2 Å². The maximum absolute atomic E-state index is 11.4. The van der Waals surface area contributed by atoms with Gasteiger partial charge in [0.2, 0.25) is 0 Å². The molecular weight excluding hydrogens is 284 g/mol. The van der Waals surface area contributed by atoms with Crippen molar-refractivity contribution in [3.05, 3.63) is 29.6 Å². The van der Waals surface area contributed by atoms with Gasteiger partial charge in [0.25, 0.3) is 0 Å². The fraction of sp³-hybridized carbons (Fsp3) is 0.500. The van der Waals surface area contributed by atoms with Gasteiger partial charge in [-0.15, -0.1) is 0 Å². The molecule has 0 saturated heterocycles. The Morgan fingerprint density at radius 1 is 1.48 bits per heavy atom. The molecule has 1 aromatic heterocycles. The molecule has 21 heavy (non-hydrogen) atoms. The number of aromatic carboxylic acids is 1. The monoisotopic (exact) mass is 306 g/mol. The van der Waals surface area contributed by atoms with Gasteiger partial charge in [-0.2, -0.15) is 11.8 Å². The van der Waals surface area contributed by atoms with Gasteiger partial charge in [0, 0.05) is 18.2 Å². The molecule has 1 heterocycles. The molecule has 0 bridgehead atoms. The molecule has 0 aliphatic carbocycles. The van der Waals surface area contributed by atoms with Crippen LogP contribution in [-0.4, -0.2) is 32.1 Å². The van der Waals surface area contributed by atoms with Crippen molar-refractivity contribution in [2.45, 2.75) is 44.9 Å². The summed E-state index contributed by atoms with van der Waals surface area (Å²) in [5.74, 6) is 0.0836. The van der Waals surface area contributed by atoms with Gasteiger partial charge >= 0.3 is 5.97 Å². The number of benzene rings is 1. The van der Waals surface area contributed by atoms with Crippen molar-refractivity contribution in [2.24, 2.45) is 0 Å². The number of aromatic nitrogens is 2. The number of hydrogen-bond acceptors (Lipinski definition) is 3. The van der Waals surface area contributed by atoms with Gasteiger partial charge in [-0.25, -0.2) is 9.78 Å². The van der Waals surface area contributed by atoms with Crippen LogP contribution in [-0.2, 0) is 13.0 Å². The summed E-state index contributed by atoms with van der Waals surface area (Å²) >= 11 is 1.85. The lowest BCUT2D eigenvalue weighted by molar-refractivity contribution is 0.0699. The first kappa shape index (κ1) is 15.9. The van der Waals surface area contributed by atoms with E-state index in [1.54, 1.807) is 12.1 Å². The van der Waals surface area contributed by atoms with Crippen LogP contribution < -0.4 is 0 Å². The summed E-state index contributed by atoms with van der Waals surface area (Å²) < 4.78 is 2.19. The fourth-order valence-electron chi connectivity index (χ4n) is 2.46. The zero-order chi connectivity index (χ0) is 15.4. The Morgan fingerprint density at radius 3 is 2.86 bits per heavy atom. The predicted molar refractivity (Wildman–Crippen MR) is 88.3 cm³/mol. The van der Waals surface area contributed by atoms with E-state index in [1.807, 2.05) is 17.8 Å². The predicted octanol–water partition coefficient (Wildman–Crippen LogP) is 3.83. The Kier molecular flexibility index (Phi) is 5.28. The number of carboxylic acid groups (broad SMARTS) is 1. The number of nitrogens with zero attached hydrogens (tertiary/aromatic N) is 2. The highest BCUT2D eigenvalue weighted by atomic mass is 32.2. The van der Waals surface area contributed by atoms with Gasteiger partial charge in [0.15, 0.2) is 0 Å². The van der Waals surface area contributed by atoms with E-state index in [-0.39, 0.29) is 0 Å². The molecule has 0 aliphatic rings. The van der Waals surface area contributed by atoms with Gasteiger partial charge in [0.05, 0.1) is 11.1 Å². The summed E-state index contributed by atoms with van der Waals surface area (Å²) in [6, 6.07) is 5.40. The van der Waals surface area contributed by atoms with Crippen LogP contribution in [0.4, 0.5) is 0 Å². The second-order valence-electron chi connectivity index (χ2n) is 5.24. The smallest absolute Gasteiger partial charge is 0.337 e. The molecule has 114 valence electrons. The van der Waals surface area contributed by atoms with E-state index in [0.29, 0.717) is 16.3 Å². The van der Waals surface area contributed by atoms with Gasteiger partial charge in [-0.1, -0.05) is 19.9 Å². The van der Waals surface area contributed by atoms with Crippen molar-refractivity contribution in [2.75, 3.05) is 6.26 Å². The standard InChI is InChI=1S/C16H22N2O2S/c1-4-6-14-17-15-12(16(19)20)7-5-8-13(15)18(14)10-9-11(2)21-3/h5,7-8,11H,4,6,9-10H2,1-3H3,(H,19,20). The Morgan fingerprint density at radius 2 is 2.24 bits per heavy atom. The highest BCUT2D eigenvalue weighted by Gasteiger charge is 2.16. The van der Waals surface area contributed by atoms with Crippen LogP contribution in [0.2, 0.25) is 0 Å². The minimum Gasteiger partial charge on any atom is -0.478 e. The van der Waals surface area contributed by atoms with Crippen LogP contribution in [0.25, 0.3) is 11.0 Å². The minimum atomic E-state index is -0.911. The summed E-state index contributed by atoms with van der Waals surface area (Å²) in [6.07, 6.45) is 5.05. The molecule has 0 spiro atoms. The second kappa shape index (κ2) is 6.98. The summed E-state index contributed by atoms with van der Waals surface area (Å²) in [6.45, 7) is 5.22. The number of imidazole rings is 1. The average Bonchev–Trinajstić information content (AvgIpc) is 2.82. The molecule has 5 heteroatoms. The molecule has 1 aromatic carbocycles. The van der Waals surface area contributed by atoms with E-state index in [1.165, 1.54) is 0 Å². The third kappa shape index (κ3) is 3.40. The van der Waals surface area contributed by atoms with Gasteiger partial charge in [-0.3, -0.25) is 0 Å². The first-order valence-corrected chi connectivity index (χ1v) is 8.61. The van der Waals surface area contributed by atoms with E-state index in [2.05, 4.69) is 29.7 Å². The van der Waals surface area contributed by atoms with Crippen LogP contribution in [0.1, 0.15) is 42.9 Å². The largest absolute Gasteiger partial charge is 0.478 e. The normalized spacial score (nSPS) is 12.7. The average molecular weight is 306 g/mol. The number of para-hydroxylation sites is 1. The lowest BCUT2D eigenvalue weighted by atomic mass is 10.2. The number of fused-ring (bicyclic) bond motifs is 1. The second-order valence-corrected chi connectivity index (χ2v) is 6.52. The quantitative estimate of drug-likeness (QED) is 0.844. The SMILES string of the molecule is CCCc1nc2c(C(=O)O)cccc2n1CCC(C)SC. The van der Waals surface area contributed by atoms with Crippen LogP contribution in [0.3, 0.4) is 0 Å². The Hall–Kier alpha value is -1.49. The van der Waals surface area contributed by atoms with Gasteiger partial charge in [0.1, 0.15) is 11.3 Å². The van der Waals surface area contributed by atoms with Crippen molar-refractivity contribution in [3.8, 4) is 0 Å². The van der Waals surface area contributed by atoms with Gasteiger partial charge < -0.3 is 9.67 Å². The summed E-state index contributed by atoms with van der Waals surface area (Å²) in [5.41, 5.74) is 1.85. The number of hydrogen-bond donors (Lipinski definition) is 1. The first-order valence-electron chi connectivity index (χ1n) is 7.32. The number of rotatable bonds is 7. The van der Waals surface area contributed by atoms with Crippen molar-refractivity contribution in [3.63, 3.8) is 0 Å². The molecule has 1 atom stereocenters. The van der Waals surface area contributed by atoms with Crippen LogP contribution in [0.5, 0.6) is 0 Å². The molecule has 0 saturated carbocycles. The molecule has 0 amide bonds. The van der Waals surface area contributed by atoms with Crippen LogP contribution in [0, 0.1) is 0 Å². The van der Waals surface area contributed by atoms with Gasteiger partial charge in [-0.05, 0) is 31.2 Å². The molecule has 0 radical (unpaired) electrons. The van der Waals surface area contributed by atoms with Crippen molar-refractivity contribution in [1.82, 2.24) is 9.55 Å². The third-order valence-electron chi connectivity index (χ3n) is 3.72. The van der Waals surface area contributed by atoms with E-state index < -0.39 is 5.97 Å². The molecule has 1 N–H and O–H groups in total. The van der Waals surface area contributed by atoms with E-state index in [9.17, 15) is 9.90 Å². The highest BCUT2D eigenvalue weighted by molar-refractivity contribution is 7.99. The maximum Gasteiger partial charge on any atom is 0.337 e. The topological polar surface area (TPSA) is 55.1 Å². The lowest BCUT2D eigenvalue weighted by Crippen LogP contribution is -2.08. The van der Waals surface area contributed by atoms with Crippen molar-refractivity contribution < 1.29 is 9.90 Å². The maximum atomic E-state index is 11.4. The lowest BCUT2D eigenvalue weighted by Gasteiger charge is -2.12.